The number of benzene rings is 2. The van der Waals surface area contributed by atoms with Gasteiger partial charge in [0.25, 0.3) is 0 Å². The predicted octanol–water partition coefficient (Wildman–Crippen LogP) is 14.7. The van der Waals surface area contributed by atoms with Crippen LogP contribution in [0.4, 0.5) is 0 Å². The van der Waals surface area contributed by atoms with Gasteiger partial charge in [-0.15, -0.1) is 0 Å². The van der Waals surface area contributed by atoms with Gasteiger partial charge in [0.15, 0.2) is 0 Å². The normalized spacial score (nSPS) is 22.4. The zero-order chi connectivity index (χ0) is 41.2. The van der Waals surface area contributed by atoms with E-state index in [9.17, 15) is 4.79 Å². The maximum atomic E-state index is 12.0. The molecule has 2 heterocycles. The molecule has 0 spiro atoms. The molecule has 0 radical (unpaired) electrons. The quantitative estimate of drug-likeness (QED) is 0.277. The highest BCUT2D eigenvalue weighted by atomic mass is 16.1. The molecular formula is C52H81N3O. The number of hydrogen-bond acceptors (Lipinski definition) is 4. The standard InChI is InChI=1S/C23H31NO.C21H30N2.2C4H10/c1-16(2)22(25)14-18-10-12-19(13-11-18)23-21-9-7-5-4-6-8-20(21)17(3)15-24-23;1-15(2)14-17-10-12-18(13-11-17)21-20-9-7-5-4-6-8-19(20)16(3)22-23-21;2*1-4(2)3/h10-13,15-16,20-21H,4-9,14H2,1-3H3;10-13,15,19-20H,4-9,14H2,1-3H3;2*4H,1-3H3. The van der Waals surface area contributed by atoms with Gasteiger partial charge in [-0.25, -0.2) is 0 Å². The van der Waals surface area contributed by atoms with E-state index in [1.807, 2.05) is 13.8 Å². The van der Waals surface area contributed by atoms with Crippen molar-refractivity contribution in [1.82, 2.24) is 0 Å². The zero-order valence-electron chi connectivity index (χ0n) is 38.0. The molecule has 0 aromatic heterocycles. The Morgan fingerprint density at radius 3 is 1.46 bits per heavy atom. The Labute approximate surface area is 344 Å². The van der Waals surface area contributed by atoms with E-state index in [1.54, 1.807) is 0 Å². The van der Waals surface area contributed by atoms with Gasteiger partial charge in [0, 0.05) is 42.0 Å². The van der Waals surface area contributed by atoms with Crippen LogP contribution in [0, 0.1) is 47.3 Å². The summed E-state index contributed by atoms with van der Waals surface area (Å²) in [6, 6.07) is 17.7. The summed E-state index contributed by atoms with van der Waals surface area (Å²) in [6.07, 6.45) is 19.7. The van der Waals surface area contributed by atoms with Crippen LogP contribution in [0.5, 0.6) is 0 Å². The molecule has 0 N–H and O–H groups in total. The summed E-state index contributed by atoms with van der Waals surface area (Å²) < 4.78 is 0. The Kier molecular flexibility index (Phi) is 20.7. The van der Waals surface area contributed by atoms with Crippen LogP contribution in [0.3, 0.4) is 0 Å². The van der Waals surface area contributed by atoms with Crippen LogP contribution in [-0.2, 0) is 17.6 Å². The molecule has 2 aliphatic heterocycles. The van der Waals surface area contributed by atoms with Gasteiger partial charge in [-0.2, -0.15) is 10.2 Å². The molecule has 0 amide bonds. The average molecular weight is 764 g/mol. The lowest BCUT2D eigenvalue weighted by molar-refractivity contribution is -0.121. The van der Waals surface area contributed by atoms with Crippen molar-refractivity contribution in [2.75, 3.05) is 0 Å². The minimum absolute atomic E-state index is 0.103. The van der Waals surface area contributed by atoms with Crippen LogP contribution in [0.1, 0.15) is 182 Å². The molecule has 2 aromatic carbocycles. The lowest BCUT2D eigenvalue weighted by Gasteiger charge is -2.33. The van der Waals surface area contributed by atoms with Crippen LogP contribution in [0.15, 0.2) is 75.5 Å². The van der Waals surface area contributed by atoms with E-state index in [2.05, 4.69) is 134 Å². The fourth-order valence-electron chi connectivity index (χ4n) is 8.35. The van der Waals surface area contributed by atoms with Crippen molar-refractivity contribution < 1.29 is 4.79 Å². The number of carbonyl (C=O) groups is 1. The van der Waals surface area contributed by atoms with Crippen molar-refractivity contribution in [3.63, 3.8) is 0 Å². The molecule has 6 rings (SSSR count). The first kappa shape index (κ1) is 47.2. The first-order chi connectivity index (χ1) is 26.7. The summed E-state index contributed by atoms with van der Waals surface area (Å²) in [5.74, 6) is 5.19. The van der Waals surface area contributed by atoms with Crippen molar-refractivity contribution >= 4 is 22.9 Å². The SMILES string of the molecule is CC(C)C.CC(C)C.CC1=CN=C(c2ccc(CC(=O)C(C)C)cc2)C2CCCCCCC12.CC1=NN=C(c2ccc(CC(C)C)cc2)C2CCCCCCC12. The largest absolute Gasteiger partial charge is 0.299 e. The molecule has 2 aromatic rings. The monoisotopic (exact) mass is 764 g/mol. The zero-order valence-corrected chi connectivity index (χ0v) is 38.0. The number of allylic oxidation sites excluding steroid dienone is 1. The molecule has 4 nitrogen and oxygen atoms in total. The number of ketones is 1. The Morgan fingerprint density at radius 2 is 0.982 bits per heavy atom. The molecule has 310 valence electrons. The second-order valence-corrected chi connectivity index (χ2v) is 19.3. The minimum atomic E-state index is 0.103. The summed E-state index contributed by atoms with van der Waals surface area (Å²) in [5.41, 5.74) is 10.3. The summed E-state index contributed by atoms with van der Waals surface area (Å²) in [5, 5.41) is 9.15. The number of hydrogen-bond donors (Lipinski definition) is 0. The molecule has 56 heavy (non-hydrogen) atoms. The van der Waals surface area contributed by atoms with Crippen LogP contribution in [0.25, 0.3) is 0 Å². The van der Waals surface area contributed by atoms with Crippen LogP contribution in [-0.4, -0.2) is 22.9 Å². The molecule has 4 aliphatic rings. The highest BCUT2D eigenvalue weighted by Gasteiger charge is 2.33. The number of carbonyl (C=O) groups excluding carboxylic acids is 1. The van der Waals surface area contributed by atoms with Gasteiger partial charge >= 0.3 is 0 Å². The molecule has 2 fully saturated rings. The summed E-state index contributed by atoms with van der Waals surface area (Å²) in [6.45, 7) is 25.9. The van der Waals surface area contributed by atoms with Crippen molar-refractivity contribution in [3.8, 4) is 0 Å². The third kappa shape index (κ3) is 16.0. The first-order valence-corrected chi connectivity index (χ1v) is 22.7. The second kappa shape index (κ2) is 24.6. The minimum Gasteiger partial charge on any atom is -0.299 e. The molecule has 2 aliphatic carbocycles. The smallest absolute Gasteiger partial charge is 0.139 e. The highest BCUT2D eigenvalue weighted by molar-refractivity contribution is 6.07. The van der Waals surface area contributed by atoms with E-state index < -0.39 is 0 Å². The van der Waals surface area contributed by atoms with Crippen LogP contribution >= 0.6 is 0 Å². The molecule has 2 saturated carbocycles. The lowest BCUT2D eigenvalue weighted by atomic mass is 9.73. The van der Waals surface area contributed by atoms with Crippen LogP contribution in [0.2, 0.25) is 0 Å². The van der Waals surface area contributed by atoms with Gasteiger partial charge < -0.3 is 0 Å². The predicted molar refractivity (Wildman–Crippen MR) is 245 cm³/mol. The number of fused-ring (bicyclic) bond motifs is 2. The Bertz CT molecular complexity index is 1560. The third-order valence-electron chi connectivity index (χ3n) is 11.2. The van der Waals surface area contributed by atoms with E-state index in [0.717, 1.165) is 23.8 Å². The van der Waals surface area contributed by atoms with Crippen molar-refractivity contribution in [3.05, 3.63) is 82.6 Å². The topological polar surface area (TPSA) is 54.1 Å². The van der Waals surface area contributed by atoms with Gasteiger partial charge in [0.05, 0.1) is 11.4 Å². The maximum absolute atomic E-state index is 12.0. The van der Waals surface area contributed by atoms with Gasteiger partial charge in [-0.05, 0) is 91.9 Å². The van der Waals surface area contributed by atoms with Crippen molar-refractivity contribution in [2.24, 2.45) is 62.5 Å². The Balaban J connectivity index is 0.000000253. The number of rotatable bonds is 7. The number of nitrogens with zero attached hydrogens (tertiary/aromatic N) is 3. The maximum Gasteiger partial charge on any atom is 0.139 e. The second-order valence-electron chi connectivity index (χ2n) is 19.3. The summed E-state index contributed by atoms with van der Waals surface area (Å²) in [4.78, 5) is 16.8. The molecule has 0 bridgehead atoms. The van der Waals surface area contributed by atoms with Crippen molar-refractivity contribution in [1.29, 1.82) is 0 Å². The molecule has 4 unspecified atom stereocenters. The Hall–Kier alpha value is -3.14. The number of Topliss-reactive ketones (excluding diaryl/α,β-unsaturated/α-hetero) is 1. The van der Waals surface area contributed by atoms with E-state index in [1.165, 1.54) is 116 Å². The van der Waals surface area contributed by atoms with Crippen molar-refractivity contribution in [2.45, 2.75) is 173 Å². The fraction of sp³-hybridized carbons (Fsp3) is 0.654. The summed E-state index contributed by atoms with van der Waals surface area (Å²) >= 11 is 0. The fourth-order valence-corrected chi connectivity index (χ4v) is 8.35. The van der Waals surface area contributed by atoms with E-state index >= 15 is 0 Å². The summed E-state index contributed by atoms with van der Waals surface area (Å²) in [7, 11) is 0. The van der Waals surface area contributed by atoms with E-state index in [4.69, 9.17) is 4.99 Å². The lowest BCUT2D eigenvalue weighted by Crippen LogP contribution is -2.33. The average Bonchev–Trinajstić information content (AvgIpc) is 3.10. The van der Waals surface area contributed by atoms with Gasteiger partial charge in [0.1, 0.15) is 5.78 Å². The molecule has 4 atom stereocenters. The number of aliphatic imine (C=N–C) groups is 1. The highest BCUT2D eigenvalue weighted by Crippen LogP contribution is 2.38. The van der Waals surface area contributed by atoms with E-state index in [0.29, 0.717) is 41.8 Å². The molecule has 0 saturated heterocycles. The Morgan fingerprint density at radius 1 is 0.554 bits per heavy atom. The molecular weight excluding hydrogens is 683 g/mol. The van der Waals surface area contributed by atoms with Gasteiger partial charge in [0.2, 0.25) is 0 Å². The third-order valence-corrected chi connectivity index (χ3v) is 11.2. The molecule has 4 heteroatoms. The van der Waals surface area contributed by atoms with Crippen LogP contribution < -0.4 is 0 Å². The van der Waals surface area contributed by atoms with E-state index in [-0.39, 0.29) is 5.92 Å². The van der Waals surface area contributed by atoms with Gasteiger partial charge in [-0.1, -0.05) is 175 Å². The van der Waals surface area contributed by atoms with Gasteiger partial charge in [-0.3, -0.25) is 9.79 Å². The first-order valence-electron chi connectivity index (χ1n) is 22.7.